The Morgan fingerprint density at radius 2 is 1.18 bits per heavy atom. The molecule has 0 aliphatic carbocycles. The van der Waals surface area contributed by atoms with Gasteiger partial charge in [-0.1, -0.05) is 150 Å². The Kier molecular flexibility index (Phi) is 10.2. The summed E-state index contributed by atoms with van der Waals surface area (Å²) in [5.41, 5.74) is 13.8. The number of aromatic hydroxyl groups is 1. The van der Waals surface area contributed by atoms with Gasteiger partial charge in [0.15, 0.2) is 0 Å². The number of fused-ring (bicyclic) bond motifs is 1. The van der Waals surface area contributed by atoms with Crippen LogP contribution in [0.15, 0.2) is 152 Å². The summed E-state index contributed by atoms with van der Waals surface area (Å²) in [6, 6.07) is 53.9. The average molecular weight is 898 g/mol. The molecule has 0 atom stereocenters. The van der Waals surface area contributed by atoms with Crippen molar-refractivity contribution in [1.29, 1.82) is 0 Å². The summed E-state index contributed by atoms with van der Waals surface area (Å²) in [4.78, 5) is 10.3. The third-order valence-electron chi connectivity index (χ3n) is 10.2. The molecule has 0 amide bonds. The molecule has 6 aromatic carbocycles. The minimum Gasteiger partial charge on any atom is -0.507 e. The molecule has 2 aromatic heterocycles. The Labute approximate surface area is 338 Å². The van der Waals surface area contributed by atoms with E-state index in [1.165, 1.54) is 16.7 Å². The molecule has 2 heterocycles. The van der Waals surface area contributed by atoms with Gasteiger partial charge >= 0.3 is 0 Å². The van der Waals surface area contributed by atoms with Crippen molar-refractivity contribution in [2.45, 2.75) is 52.4 Å². The van der Waals surface area contributed by atoms with Crippen LogP contribution in [0.3, 0.4) is 0 Å². The molecule has 0 saturated heterocycles. The van der Waals surface area contributed by atoms with Gasteiger partial charge in [-0.2, -0.15) is 0 Å². The van der Waals surface area contributed by atoms with Crippen LogP contribution >= 0.6 is 0 Å². The van der Waals surface area contributed by atoms with Gasteiger partial charge in [0.05, 0.1) is 22.3 Å². The van der Waals surface area contributed by atoms with E-state index >= 15 is 0 Å². The Morgan fingerprint density at radius 3 is 1.84 bits per heavy atom. The summed E-state index contributed by atoms with van der Waals surface area (Å²) in [7, 11) is 0. The molecule has 8 rings (SSSR count). The molecule has 8 aromatic rings. The third kappa shape index (κ3) is 7.44. The number of rotatable bonds is 6. The van der Waals surface area contributed by atoms with E-state index in [0.717, 1.165) is 55.8 Å². The first-order chi connectivity index (χ1) is 26.0. The maximum atomic E-state index is 11.3. The minimum atomic E-state index is -0.199. The molecule has 55 heavy (non-hydrogen) atoms. The van der Waals surface area contributed by atoms with Gasteiger partial charge < -0.3 is 5.11 Å². The van der Waals surface area contributed by atoms with Gasteiger partial charge in [-0.05, 0) is 75.0 Å². The zero-order valence-electron chi connectivity index (χ0n) is 32.0. The molecular weight excluding hydrogens is 854 g/mol. The number of para-hydroxylation sites is 2. The Balaban J connectivity index is 0.00000465. The van der Waals surface area contributed by atoms with Gasteiger partial charge in [-0.15, -0.1) is 29.3 Å². The van der Waals surface area contributed by atoms with Crippen molar-refractivity contribution in [2.24, 2.45) is 0 Å². The number of aromatic nitrogens is 3. The van der Waals surface area contributed by atoms with Crippen LogP contribution in [0, 0.1) is 6.07 Å². The molecule has 0 fully saturated rings. The summed E-state index contributed by atoms with van der Waals surface area (Å²) < 4.78 is 2.22. The zero-order valence-corrected chi connectivity index (χ0v) is 34.3. The van der Waals surface area contributed by atoms with E-state index in [2.05, 4.69) is 161 Å². The number of hydrogen-bond donors (Lipinski definition) is 1. The summed E-state index contributed by atoms with van der Waals surface area (Å²) >= 11 is 0. The summed E-state index contributed by atoms with van der Waals surface area (Å²) in [6.45, 7) is 13.5. The fraction of sp³-hybridized carbons (Fsp3) is 0.160. The van der Waals surface area contributed by atoms with Crippen LogP contribution in [-0.4, -0.2) is 19.6 Å². The smallest absolute Gasteiger partial charge is 0.148 e. The molecule has 0 bridgehead atoms. The first-order valence-corrected chi connectivity index (χ1v) is 18.6. The Bertz CT molecular complexity index is 2630. The van der Waals surface area contributed by atoms with Gasteiger partial charge in [-0.25, -0.2) is 4.98 Å². The summed E-state index contributed by atoms with van der Waals surface area (Å²) in [5.74, 6) is 0.861. The molecule has 5 heteroatoms. The standard InChI is InChI=1S/C50H44N3O.Pt/c1-49(2,3)39-29-37(28-38(30-39)43-32-36(26-27-51-43)34-18-11-8-12-19-34)40-21-15-22-45-47(40)52-48(41-20-13-14-23-46(41)54)53(45)44-25-24-35(31-42(44)50(4,5)6)33-16-9-7-10-17-33;/h7-27,29-32,54H,1-6H3;/q-1;. The van der Waals surface area contributed by atoms with Gasteiger partial charge in [0.25, 0.3) is 0 Å². The third-order valence-corrected chi connectivity index (χ3v) is 10.2. The first-order valence-electron chi connectivity index (χ1n) is 18.6. The maximum Gasteiger partial charge on any atom is 0.148 e. The largest absolute Gasteiger partial charge is 0.507 e. The number of hydrogen-bond acceptors (Lipinski definition) is 3. The second-order valence-electron chi connectivity index (χ2n) is 16.1. The van der Waals surface area contributed by atoms with E-state index in [9.17, 15) is 5.11 Å². The summed E-state index contributed by atoms with van der Waals surface area (Å²) in [5, 5.41) is 11.3. The average Bonchev–Trinajstić information content (AvgIpc) is 3.57. The minimum absolute atomic E-state index is 0. The van der Waals surface area contributed by atoms with Crippen LogP contribution < -0.4 is 0 Å². The second-order valence-corrected chi connectivity index (χ2v) is 16.1. The fourth-order valence-electron chi connectivity index (χ4n) is 7.22. The van der Waals surface area contributed by atoms with Crippen LogP contribution in [0.4, 0.5) is 0 Å². The van der Waals surface area contributed by atoms with Crippen LogP contribution in [0.25, 0.3) is 72.7 Å². The number of imidazole rings is 1. The van der Waals surface area contributed by atoms with Crippen molar-refractivity contribution in [3.05, 3.63) is 169 Å². The van der Waals surface area contributed by atoms with Gasteiger partial charge in [-0.3, -0.25) is 9.55 Å². The van der Waals surface area contributed by atoms with Crippen molar-refractivity contribution in [3.63, 3.8) is 0 Å². The van der Waals surface area contributed by atoms with E-state index in [-0.39, 0.29) is 37.6 Å². The molecule has 0 radical (unpaired) electrons. The van der Waals surface area contributed by atoms with Crippen LogP contribution in [0.1, 0.15) is 52.7 Å². The molecule has 1 N–H and O–H groups in total. The predicted molar refractivity (Wildman–Crippen MR) is 224 cm³/mol. The van der Waals surface area contributed by atoms with Gasteiger partial charge in [0.2, 0.25) is 0 Å². The van der Waals surface area contributed by atoms with Gasteiger partial charge in [0, 0.05) is 33.0 Å². The van der Waals surface area contributed by atoms with Crippen molar-refractivity contribution >= 4 is 11.0 Å². The Hall–Kier alpha value is -5.57. The number of phenolic OH excluding ortho intramolecular Hbond substituents is 1. The van der Waals surface area contributed by atoms with Crippen molar-refractivity contribution in [1.82, 2.24) is 14.5 Å². The van der Waals surface area contributed by atoms with E-state index in [1.807, 2.05) is 36.5 Å². The molecule has 276 valence electrons. The molecule has 0 aliphatic heterocycles. The Morgan fingerprint density at radius 1 is 0.564 bits per heavy atom. The van der Waals surface area contributed by atoms with Crippen LogP contribution in [-0.2, 0) is 31.9 Å². The van der Waals surface area contributed by atoms with Crippen molar-refractivity contribution in [2.75, 3.05) is 0 Å². The van der Waals surface area contributed by atoms with Crippen molar-refractivity contribution in [3.8, 4) is 67.5 Å². The van der Waals surface area contributed by atoms with Gasteiger partial charge in [0.1, 0.15) is 11.6 Å². The number of phenols is 1. The maximum absolute atomic E-state index is 11.3. The SMILES string of the molecule is CC(C)(C)c1cc(-c2cc(-c3ccccc3)ccn2)[c-]c(-c2cccc3c2nc(-c2ccccc2O)n3-c2ccc(-c3ccccc3)cc2C(C)(C)C)c1.[Pt]. The van der Waals surface area contributed by atoms with Crippen molar-refractivity contribution < 1.29 is 26.2 Å². The molecule has 0 unspecified atom stereocenters. The second kappa shape index (κ2) is 14.9. The zero-order chi connectivity index (χ0) is 37.6. The molecule has 4 nitrogen and oxygen atoms in total. The molecular formula is C50H44N3OPt-. The van der Waals surface area contributed by atoms with E-state index in [0.29, 0.717) is 11.4 Å². The fourth-order valence-corrected chi connectivity index (χ4v) is 7.22. The number of benzene rings is 6. The quantitative estimate of drug-likeness (QED) is 0.169. The predicted octanol–water partition coefficient (Wildman–Crippen LogP) is 12.9. The van der Waals surface area contributed by atoms with Crippen LogP contribution in [0.2, 0.25) is 0 Å². The monoisotopic (exact) mass is 897 g/mol. The van der Waals surface area contributed by atoms with Crippen LogP contribution in [0.5, 0.6) is 5.75 Å². The molecule has 0 aliphatic rings. The first kappa shape index (κ1) is 37.7. The summed E-state index contributed by atoms with van der Waals surface area (Å²) in [6.07, 6.45) is 1.88. The number of pyridine rings is 1. The normalized spacial score (nSPS) is 11.7. The number of nitrogens with zero attached hydrogens (tertiary/aromatic N) is 3. The molecule has 0 saturated carbocycles. The van der Waals surface area contributed by atoms with E-state index < -0.39 is 0 Å². The topological polar surface area (TPSA) is 50.9 Å². The van der Waals surface area contributed by atoms with E-state index in [4.69, 9.17) is 9.97 Å². The molecule has 0 spiro atoms. The van der Waals surface area contributed by atoms with E-state index in [1.54, 1.807) is 6.07 Å².